The van der Waals surface area contributed by atoms with Gasteiger partial charge in [-0.25, -0.2) is 0 Å². The van der Waals surface area contributed by atoms with Gasteiger partial charge in [0.15, 0.2) is 0 Å². The highest BCUT2D eigenvalue weighted by Gasteiger charge is 2.21. The number of carboxylic acids is 1. The number of rotatable bonds is 9. The molecule has 140 valence electrons. The van der Waals surface area contributed by atoms with Gasteiger partial charge < -0.3 is 20.5 Å². The number of hydrogen-bond acceptors (Lipinski definition) is 6. The van der Waals surface area contributed by atoms with Crippen molar-refractivity contribution in [2.75, 3.05) is 44.7 Å². The summed E-state index contributed by atoms with van der Waals surface area (Å²) in [6.07, 6.45) is 0.593. The largest absolute Gasteiger partial charge is 0.480 e. The Morgan fingerprint density at radius 3 is 2.73 bits per heavy atom. The van der Waals surface area contributed by atoms with Crippen LogP contribution >= 0.6 is 0 Å². The van der Waals surface area contributed by atoms with E-state index >= 15 is 0 Å². The van der Waals surface area contributed by atoms with Crippen LogP contribution in [0.2, 0.25) is 0 Å². The fourth-order valence-electron chi connectivity index (χ4n) is 2.73. The Kier molecular flexibility index (Phi) is 8.02. The first kappa shape index (κ1) is 19.8. The van der Waals surface area contributed by atoms with Crippen LogP contribution in [0.15, 0.2) is 24.3 Å². The Bertz CT molecular complexity index is 653. The molecule has 1 heterocycles. The molecule has 8 heteroatoms. The molecule has 0 unspecified atom stereocenters. The van der Waals surface area contributed by atoms with Gasteiger partial charge in [0.25, 0.3) is 0 Å². The van der Waals surface area contributed by atoms with E-state index in [1.807, 2.05) is 6.07 Å². The molecule has 0 spiro atoms. The van der Waals surface area contributed by atoms with E-state index < -0.39 is 17.9 Å². The SMILES string of the molecule is N#Cc1ccccc1NC(=O)C[C@@H](NCCCN1CCOCC1)C(=O)O. The Hall–Kier alpha value is -2.47. The molecule has 0 aliphatic carbocycles. The van der Waals surface area contributed by atoms with Gasteiger partial charge in [0.05, 0.1) is 30.9 Å². The summed E-state index contributed by atoms with van der Waals surface area (Å²) in [6, 6.07) is 7.63. The monoisotopic (exact) mass is 360 g/mol. The zero-order chi connectivity index (χ0) is 18.8. The van der Waals surface area contributed by atoms with Crippen molar-refractivity contribution in [1.82, 2.24) is 10.2 Å². The van der Waals surface area contributed by atoms with Crippen LogP contribution in [0.25, 0.3) is 0 Å². The van der Waals surface area contributed by atoms with Crippen molar-refractivity contribution in [3.05, 3.63) is 29.8 Å². The van der Waals surface area contributed by atoms with Gasteiger partial charge in [-0.1, -0.05) is 12.1 Å². The molecule has 8 nitrogen and oxygen atoms in total. The molecule has 1 atom stereocenters. The van der Waals surface area contributed by atoms with Crippen molar-refractivity contribution in [3.8, 4) is 6.07 Å². The van der Waals surface area contributed by atoms with Crippen LogP contribution in [0.1, 0.15) is 18.4 Å². The van der Waals surface area contributed by atoms with Gasteiger partial charge in [0, 0.05) is 13.1 Å². The minimum atomic E-state index is -1.07. The molecule has 26 heavy (non-hydrogen) atoms. The third kappa shape index (κ3) is 6.44. The fourth-order valence-corrected chi connectivity index (χ4v) is 2.73. The first-order valence-electron chi connectivity index (χ1n) is 8.65. The molecule has 1 aliphatic rings. The Labute approximate surface area is 152 Å². The van der Waals surface area contributed by atoms with Gasteiger partial charge in [-0.2, -0.15) is 5.26 Å². The second kappa shape index (κ2) is 10.5. The lowest BCUT2D eigenvalue weighted by Gasteiger charge is -2.26. The number of aliphatic carboxylic acids is 1. The topological polar surface area (TPSA) is 115 Å². The summed E-state index contributed by atoms with van der Waals surface area (Å²) in [4.78, 5) is 25.8. The highest BCUT2D eigenvalue weighted by molar-refractivity contribution is 5.95. The van der Waals surface area contributed by atoms with Crippen molar-refractivity contribution in [1.29, 1.82) is 5.26 Å². The molecule has 1 amide bonds. The molecular formula is C18H24N4O4. The van der Waals surface area contributed by atoms with Crippen LogP contribution in [0.3, 0.4) is 0 Å². The number of para-hydroxylation sites is 1. The zero-order valence-corrected chi connectivity index (χ0v) is 14.6. The van der Waals surface area contributed by atoms with Gasteiger partial charge in [0.1, 0.15) is 12.1 Å². The van der Waals surface area contributed by atoms with E-state index in [0.717, 1.165) is 39.3 Å². The number of anilines is 1. The summed E-state index contributed by atoms with van der Waals surface area (Å²) in [5, 5.41) is 23.9. The quantitative estimate of drug-likeness (QED) is 0.554. The van der Waals surface area contributed by atoms with Gasteiger partial charge in [0.2, 0.25) is 5.91 Å². The normalized spacial score (nSPS) is 15.8. The Balaban J connectivity index is 1.76. The van der Waals surface area contributed by atoms with Crippen molar-refractivity contribution in [2.24, 2.45) is 0 Å². The molecular weight excluding hydrogens is 336 g/mol. The summed E-state index contributed by atoms with van der Waals surface area (Å²) < 4.78 is 5.29. The van der Waals surface area contributed by atoms with Gasteiger partial charge in [-0.3, -0.25) is 14.5 Å². The van der Waals surface area contributed by atoms with E-state index in [4.69, 9.17) is 10.00 Å². The van der Waals surface area contributed by atoms with E-state index in [1.165, 1.54) is 0 Å². The number of benzene rings is 1. The van der Waals surface area contributed by atoms with Crippen molar-refractivity contribution >= 4 is 17.6 Å². The molecule has 0 radical (unpaired) electrons. The van der Waals surface area contributed by atoms with Crippen molar-refractivity contribution in [2.45, 2.75) is 18.9 Å². The second-order valence-electron chi connectivity index (χ2n) is 6.06. The summed E-state index contributed by atoms with van der Waals surface area (Å²) >= 11 is 0. The average molecular weight is 360 g/mol. The lowest BCUT2D eigenvalue weighted by molar-refractivity contribution is -0.141. The van der Waals surface area contributed by atoms with E-state index in [0.29, 0.717) is 17.8 Å². The molecule has 0 saturated carbocycles. The number of morpholine rings is 1. The number of carbonyl (C=O) groups excluding carboxylic acids is 1. The van der Waals surface area contributed by atoms with Crippen LogP contribution in [-0.2, 0) is 14.3 Å². The molecule has 2 rings (SSSR count). The third-order valence-corrected chi connectivity index (χ3v) is 4.15. The van der Waals surface area contributed by atoms with Gasteiger partial charge >= 0.3 is 5.97 Å². The maximum atomic E-state index is 12.1. The summed E-state index contributed by atoms with van der Waals surface area (Å²) in [5.74, 6) is -1.51. The zero-order valence-electron chi connectivity index (χ0n) is 14.6. The van der Waals surface area contributed by atoms with Crippen molar-refractivity contribution < 1.29 is 19.4 Å². The molecule has 0 bridgehead atoms. The third-order valence-electron chi connectivity index (χ3n) is 4.15. The lowest BCUT2D eigenvalue weighted by atomic mass is 10.1. The summed E-state index contributed by atoms with van der Waals surface area (Å²) in [5.41, 5.74) is 0.725. The minimum Gasteiger partial charge on any atom is -0.480 e. The Morgan fingerprint density at radius 1 is 1.31 bits per heavy atom. The van der Waals surface area contributed by atoms with Crippen LogP contribution in [-0.4, -0.2) is 67.3 Å². The minimum absolute atomic E-state index is 0.202. The number of amides is 1. The number of hydrogen-bond donors (Lipinski definition) is 3. The van der Waals surface area contributed by atoms with E-state index in [-0.39, 0.29) is 6.42 Å². The molecule has 3 N–H and O–H groups in total. The molecule has 0 aromatic heterocycles. The first-order valence-corrected chi connectivity index (χ1v) is 8.65. The van der Waals surface area contributed by atoms with Gasteiger partial charge in [-0.05, 0) is 31.6 Å². The predicted octanol–water partition coefficient (Wildman–Crippen LogP) is 0.652. The maximum absolute atomic E-state index is 12.1. The number of nitrogens with one attached hydrogen (secondary N) is 2. The number of nitriles is 1. The van der Waals surface area contributed by atoms with Crippen molar-refractivity contribution in [3.63, 3.8) is 0 Å². The summed E-state index contributed by atoms with van der Waals surface area (Å²) in [6.45, 7) is 4.62. The standard InChI is InChI=1S/C18H24N4O4/c19-13-14-4-1-2-5-15(14)21-17(23)12-16(18(24)25)20-6-3-7-22-8-10-26-11-9-22/h1-2,4-5,16,20H,3,6-12H2,(H,21,23)(H,24,25)/t16-/m1/s1. The molecule has 1 aromatic carbocycles. The second-order valence-corrected chi connectivity index (χ2v) is 6.06. The molecule has 1 saturated heterocycles. The number of nitrogens with zero attached hydrogens (tertiary/aromatic N) is 2. The maximum Gasteiger partial charge on any atom is 0.321 e. The van der Waals surface area contributed by atoms with Crippen LogP contribution < -0.4 is 10.6 Å². The van der Waals surface area contributed by atoms with Crippen LogP contribution in [0.5, 0.6) is 0 Å². The Morgan fingerprint density at radius 2 is 2.04 bits per heavy atom. The van der Waals surface area contributed by atoms with E-state index in [2.05, 4.69) is 15.5 Å². The van der Waals surface area contributed by atoms with Crippen LogP contribution in [0, 0.1) is 11.3 Å². The highest BCUT2D eigenvalue weighted by atomic mass is 16.5. The number of ether oxygens (including phenoxy) is 1. The predicted molar refractivity (Wildman–Crippen MR) is 95.7 cm³/mol. The smallest absolute Gasteiger partial charge is 0.321 e. The molecule has 1 fully saturated rings. The molecule has 1 aromatic rings. The fraction of sp³-hybridized carbons (Fsp3) is 0.500. The average Bonchev–Trinajstić information content (AvgIpc) is 2.65. The van der Waals surface area contributed by atoms with E-state index in [1.54, 1.807) is 24.3 Å². The van der Waals surface area contributed by atoms with E-state index in [9.17, 15) is 14.7 Å². The summed E-state index contributed by atoms with van der Waals surface area (Å²) in [7, 11) is 0. The molecule has 1 aliphatic heterocycles. The lowest BCUT2D eigenvalue weighted by Crippen LogP contribution is -2.42. The number of carbonyl (C=O) groups is 2. The van der Waals surface area contributed by atoms with Gasteiger partial charge in [-0.15, -0.1) is 0 Å². The highest BCUT2D eigenvalue weighted by Crippen LogP contribution is 2.14. The first-order chi connectivity index (χ1) is 12.6. The van der Waals surface area contributed by atoms with Crippen LogP contribution in [0.4, 0.5) is 5.69 Å². The number of carboxylic acid groups (broad SMARTS) is 1.